The van der Waals surface area contributed by atoms with Gasteiger partial charge in [-0.05, 0) is 11.8 Å². The van der Waals surface area contributed by atoms with Crippen molar-refractivity contribution >= 4 is 7.85 Å². The van der Waals surface area contributed by atoms with Gasteiger partial charge in [0.1, 0.15) is 0 Å². The fourth-order valence-corrected chi connectivity index (χ4v) is 3.39. The molecule has 0 spiro atoms. The van der Waals surface area contributed by atoms with Crippen LogP contribution in [0.5, 0.6) is 0 Å². The summed E-state index contributed by atoms with van der Waals surface area (Å²) in [5.74, 6) is 1.70. The maximum atomic E-state index is 6.69. The lowest BCUT2D eigenvalue weighted by molar-refractivity contribution is 0.246. The highest BCUT2D eigenvalue weighted by Gasteiger charge is 2.44. The Labute approximate surface area is 90.3 Å². The topological polar surface area (TPSA) is 0 Å². The molecule has 1 heteroatoms. The van der Waals surface area contributed by atoms with Gasteiger partial charge in [0.25, 0.3) is 0 Å². The molecule has 0 aromatic carbocycles. The molecule has 2 rings (SSSR count). The van der Waals surface area contributed by atoms with Crippen LogP contribution < -0.4 is 0 Å². The van der Waals surface area contributed by atoms with E-state index >= 15 is 0 Å². The molecule has 2 aliphatic rings. The van der Waals surface area contributed by atoms with Crippen molar-refractivity contribution < 1.29 is 0 Å². The second-order valence-corrected chi connectivity index (χ2v) is 5.44. The van der Waals surface area contributed by atoms with Crippen molar-refractivity contribution in [3.8, 4) is 0 Å². The van der Waals surface area contributed by atoms with E-state index in [0.29, 0.717) is 0 Å². The zero-order valence-electron chi connectivity index (χ0n) is 9.60. The Bertz CT molecular complexity index is 186. The van der Waals surface area contributed by atoms with Gasteiger partial charge in [-0.25, -0.2) is 0 Å². The summed E-state index contributed by atoms with van der Waals surface area (Å²) in [7, 11) is 6.69. The van der Waals surface area contributed by atoms with Crippen molar-refractivity contribution in [2.45, 2.75) is 70.0 Å². The molecule has 0 N–H and O–H groups in total. The minimum Gasteiger partial charge on any atom is -0.0651 e. The van der Waals surface area contributed by atoms with Crippen LogP contribution in [0.2, 0.25) is 5.31 Å². The minimum absolute atomic E-state index is 0.231. The van der Waals surface area contributed by atoms with E-state index < -0.39 is 0 Å². The van der Waals surface area contributed by atoms with Crippen molar-refractivity contribution in [1.29, 1.82) is 0 Å². The van der Waals surface area contributed by atoms with Gasteiger partial charge in [-0.15, -0.1) is 0 Å². The third kappa shape index (κ3) is 2.02. The molecule has 1 unspecified atom stereocenters. The molecule has 2 saturated carbocycles. The molecule has 0 nitrogen and oxygen atoms in total. The summed E-state index contributed by atoms with van der Waals surface area (Å²) in [6.07, 6.45) is 12.5. The van der Waals surface area contributed by atoms with E-state index in [4.69, 9.17) is 7.85 Å². The van der Waals surface area contributed by atoms with Crippen LogP contribution in [-0.2, 0) is 0 Å². The van der Waals surface area contributed by atoms with Crippen LogP contribution in [0.25, 0.3) is 0 Å². The van der Waals surface area contributed by atoms with Gasteiger partial charge in [-0.1, -0.05) is 70.0 Å². The fourth-order valence-electron chi connectivity index (χ4n) is 3.39. The summed E-state index contributed by atoms with van der Waals surface area (Å²) in [5, 5.41) is 0.231. The normalized spacial score (nSPS) is 40.2. The van der Waals surface area contributed by atoms with Gasteiger partial charge in [-0.3, -0.25) is 0 Å². The number of hydrogen-bond acceptors (Lipinski definition) is 0. The first-order chi connectivity index (χ1) is 6.77. The molecule has 2 atom stereocenters. The van der Waals surface area contributed by atoms with E-state index in [-0.39, 0.29) is 5.31 Å². The summed E-state index contributed by atoms with van der Waals surface area (Å²) in [4.78, 5) is 0. The van der Waals surface area contributed by atoms with Gasteiger partial charge in [0.15, 0.2) is 0 Å². The predicted octanol–water partition coefficient (Wildman–Crippen LogP) is 4.10. The molecule has 0 aliphatic heterocycles. The third-order valence-electron chi connectivity index (χ3n) is 4.50. The standard InChI is InChI=1S/C13H23B/c1-2-11-7-5-3-4-6-10-13(11,14)12-8-9-12/h11-12H,2-10H2,1H3/t11?,13-/m1/s1. The van der Waals surface area contributed by atoms with Crippen LogP contribution >= 0.6 is 0 Å². The SMILES string of the molecule is [B][C@]1(C2CC2)CCCCCCC1CC. The monoisotopic (exact) mass is 190 g/mol. The first-order valence-electron chi connectivity index (χ1n) is 6.56. The molecule has 2 radical (unpaired) electrons. The van der Waals surface area contributed by atoms with Crippen molar-refractivity contribution in [3.05, 3.63) is 0 Å². The largest absolute Gasteiger partial charge is 0.0753 e. The van der Waals surface area contributed by atoms with Crippen LogP contribution in [0, 0.1) is 11.8 Å². The Morgan fingerprint density at radius 1 is 1.07 bits per heavy atom. The van der Waals surface area contributed by atoms with E-state index in [1.54, 1.807) is 0 Å². The van der Waals surface area contributed by atoms with Gasteiger partial charge < -0.3 is 0 Å². The van der Waals surface area contributed by atoms with Crippen LogP contribution in [0.15, 0.2) is 0 Å². The molecule has 0 saturated heterocycles. The Kier molecular flexibility index (Phi) is 3.24. The summed E-state index contributed by atoms with van der Waals surface area (Å²) < 4.78 is 0. The van der Waals surface area contributed by atoms with Crippen molar-refractivity contribution in [1.82, 2.24) is 0 Å². The summed E-state index contributed by atoms with van der Waals surface area (Å²) in [6.45, 7) is 2.33. The Hall–Kier alpha value is 0.0649. The molecule has 78 valence electrons. The fraction of sp³-hybridized carbons (Fsp3) is 1.00. The lowest BCUT2D eigenvalue weighted by atomic mass is 9.53. The molecule has 2 aliphatic carbocycles. The van der Waals surface area contributed by atoms with Crippen LogP contribution in [-0.4, -0.2) is 7.85 Å². The van der Waals surface area contributed by atoms with Gasteiger partial charge in [-0.2, -0.15) is 0 Å². The molecule has 0 aromatic heterocycles. The zero-order valence-corrected chi connectivity index (χ0v) is 9.60. The van der Waals surface area contributed by atoms with Crippen molar-refractivity contribution in [2.75, 3.05) is 0 Å². The van der Waals surface area contributed by atoms with E-state index in [1.807, 2.05) is 0 Å². The highest BCUT2D eigenvalue weighted by molar-refractivity contribution is 6.15. The van der Waals surface area contributed by atoms with E-state index in [1.165, 1.54) is 57.8 Å². The second kappa shape index (κ2) is 4.29. The highest BCUT2D eigenvalue weighted by Crippen LogP contribution is 2.59. The molecule has 0 bridgehead atoms. The van der Waals surface area contributed by atoms with E-state index in [0.717, 1.165) is 11.8 Å². The van der Waals surface area contributed by atoms with Crippen molar-refractivity contribution in [3.63, 3.8) is 0 Å². The Morgan fingerprint density at radius 2 is 1.79 bits per heavy atom. The van der Waals surface area contributed by atoms with Gasteiger partial charge >= 0.3 is 0 Å². The molecule has 0 heterocycles. The van der Waals surface area contributed by atoms with Crippen LogP contribution in [0.4, 0.5) is 0 Å². The predicted molar refractivity (Wildman–Crippen MR) is 62.7 cm³/mol. The van der Waals surface area contributed by atoms with Gasteiger partial charge in [0.05, 0.1) is 7.85 Å². The lowest BCUT2D eigenvalue weighted by Crippen LogP contribution is -2.27. The third-order valence-corrected chi connectivity index (χ3v) is 4.50. The summed E-state index contributed by atoms with van der Waals surface area (Å²) in [6, 6.07) is 0. The maximum absolute atomic E-state index is 6.69. The number of hydrogen-bond donors (Lipinski definition) is 0. The summed E-state index contributed by atoms with van der Waals surface area (Å²) >= 11 is 0. The second-order valence-electron chi connectivity index (χ2n) is 5.44. The maximum Gasteiger partial charge on any atom is 0.0753 e. The van der Waals surface area contributed by atoms with Gasteiger partial charge in [0.2, 0.25) is 0 Å². The minimum atomic E-state index is 0.231. The molecule has 2 fully saturated rings. The Morgan fingerprint density at radius 3 is 2.43 bits per heavy atom. The lowest BCUT2D eigenvalue weighted by Gasteiger charge is -2.40. The molecule has 14 heavy (non-hydrogen) atoms. The van der Waals surface area contributed by atoms with E-state index in [9.17, 15) is 0 Å². The molecular weight excluding hydrogens is 167 g/mol. The molecule has 0 aromatic rings. The molecular formula is C13H23B. The van der Waals surface area contributed by atoms with Crippen LogP contribution in [0.1, 0.15) is 64.7 Å². The molecule has 0 amide bonds. The van der Waals surface area contributed by atoms with Crippen molar-refractivity contribution in [2.24, 2.45) is 11.8 Å². The zero-order chi connectivity index (χ0) is 10.0. The average Bonchev–Trinajstić information content (AvgIpc) is 2.95. The first-order valence-corrected chi connectivity index (χ1v) is 6.56. The smallest absolute Gasteiger partial charge is 0.0651 e. The van der Waals surface area contributed by atoms with Gasteiger partial charge in [0, 0.05) is 0 Å². The highest BCUT2D eigenvalue weighted by atomic mass is 14.5. The quantitative estimate of drug-likeness (QED) is 0.575. The van der Waals surface area contributed by atoms with E-state index in [2.05, 4.69) is 6.92 Å². The Balaban J connectivity index is 2.05. The first kappa shape index (κ1) is 10.6. The summed E-state index contributed by atoms with van der Waals surface area (Å²) in [5.41, 5.74) is 0. The number of rotatable bonds is 2. The van der Waals surface area contributed by atoms with Crippen LogP contribution in [0.3, 0.4) is 0 Å². The average molecular weight is 190 g/mol.